The molecule has 2 aliphatic heterocycles. The van der Waals surface area contributed by atoms with Gasteiger partial charge >= 0.3 is 0 Å². The molecule has 0 aromatic carbocycles. The van der Waals surface area contributed by atoms with E-state index >= 15 is 0 Å². The Morgan fingerprint density at radius 3 is 2.62 bits per heavy atom. The van der Waals surface area contributed by atoms with Crippen molar-refractivity contribution in [1.82, 2.24) is 9.97 Å². The zero-order chi connectivity index (χ0) is 18.0. The van der Waals surface area contributed by atoms with E-state index in [1.807, 2.05) is 4.90 Å². The number of rotatable bonds is 2. The standard InChI is InChI=1S/C12H18N4/c1-2-8-15(7-1)11-5-6-13-12(14-11)16-9-3-4-10-16/h5-6H,1-4,7-10H2/i3D2,4D2,9D2,10D2. The van der Waals surface area contributed by atoms with Crippen LogP contribution in [0.1, 0.15) is 36.6 Å². The van der Waals surface area contributed by atoms with Crippen LogP contribution >= 0.6 is 0 Å². The van der Waals surface area contributed by atoms with Crippen molar-refractivity contribution in [2.24, 2.45) is 0 Å². The van der Waals surface area contributed by atoms with Gasteiger partial charge in [0.15, 0.2) is 0 Å². The number of hydrogen-bond acceptors (Lipinski definition) is 4. The molecule has 3 heterocycles. The minimum absolute atomic E-state index is 0.361. The lowest BCUT2D eigenvalue weighted by molar-refractivity contribution is 0.871. The highest BCUT2D eigenvalue weighted by Gasteiger charge is 2.18. The first-order chi connectivity index (χ1) is 10.9. The second-order valence-electron chi connectivity index (χ2n) is 3.72. The van der Waals surface area contributed by atoms with Gasteiger partial charge in [-0.2, -0.15) is 4.98 Å². The van der Waals surface area contributed by atoms with Crippen LogP contribution in [0.4, 0.5) is 11.8 Å². The van der Waals surface area contributed by atoms with Crippen molar-refractivity contribution in [3.63, 3.8) is 0 Å². The van der Waals surface area contributed by atoms with E-state index in [4.69, 9.17) is 11.0 Å². The van der Waals surface area contributed by atoms with Crippen LogP contribution in [0.25, 0.3) is 0 Å². The Kier molecular flexibility index (Phi) is 1.21. The molecule has 0 amide bonds. The van der Waals surface area contributed by atoms with E-state index in [2.05, 4.69) is 9.97 Å². The molecule has 0 radical (unpaired) electrons. The van der Waals surface area contributed by atoms with E-state index in [1.165, 1.54) is 6.20 Å². The van der Waals surface area contributed by atoms with Crippen LogP contribution in [0, 0.1) is 0 Å². The summed E-state index contributed by atoms with van der Waals surface area (Å²) < 4.78 is 63.3. The summed E-state index contributed by atoms with van der Waals surface area (Å²) >= 11 is 0. The Morgan fingerprint density at radius 1 is 1.12 bits per heavy atom. The Hall–Kier alpha value is -1.32. The highest BCUT2D eigenvalue weighted by molar-refractivity contribution is 5.44. The van der Waals surface area contributed by atoms with Crippen molar-refractivity contribution in [1.29, 1.82) is 0 Å². The molecule has 86 valence electrons. The smallest absolute Gasteiger partial charge is 0.227 e. The molecule has 3 rings (SSSR count). The first kappa shape index (κ1) is 4.51. The molecular formula is C12H18N4. The summed E-state index contributed by atoms with van der Waals surface area (Å²) in [5, 5.41) is 0. The van der Waals surface area contributed by atoms with E-state index in [-0.39, 0.29) is 5.95 Å². The molecule has 4 heteroatoms. The maximum atomic E-state index is 8.02. The van der Waals surface area contributed by atoms with Crippen LogP contribution in [0.3, 0.4) is 0 Å². The molecule has 0 saturated carbocycles. The van der Waals surface area contributed by atoms with Gasteiger partial charge in [0.25, 0.3) is 0 Å². The van der Waals surface area contributed by atoms with Crippen molar-refractivity contribution in [2.45, 2.75) is 25.6 Å². The zero-order valence-electron chi connectivity index (χ0n) is 16.8. The van der Waals surface area contributed by atoms with E-state index in [9.17, 15) is 0 Å². The fraction of sp³-hybridized carbons (Fsp3) is 0.667. The number of anilines is 2. The number of nitrogens with zero attached hydrogens (tertiary/aromatic N) is 4. The summed E-state index contributed by atoms with van der Waals surface area (Å²) in [6.45, 7) is -4.36. The quantitative estimate of drug-likeness (QED) is 0.768. The highest BCUT2D eigenvalue weighted by atomic mass is 15.3. The second-order valence-corrected chi connectivity index (χ2v) is 3.72. The minimum Gasteiger partial charge on any atom is -0.356 e. The molecule has 1 aromatic rings. The van der Waals surface area contributed by atoms with Crippen molar-refractivity contribution in [3.8, 4) is 0 Å². The van der Waals surface area contributed by atoms with Crippen molar-refractivity contribution >= 4 is 11.8 Å². The van der Waals surface area contributed by atoms with Gasteiger partial charge in [-0.25, -0.2) is 4.98 Å². The SMILES string of the molecule is [2H]C1([2H])N(c2nccc(N3CCCC3)n2)C([2H])([2H])C([2H])([2H])C1([2H])[2H]. The molecule has 0 N–H and O–H groups in total. The van der Waals surface area contributed by atoms with Crippen LogP contribution in [0.5, 0.6) is 0 Å². The summed E-state index contributed by atoms with van der Waals surface area (Å²) in [5.74, 6) is 0.136. The van der Waals surface area contributed by atoms with E-state index in [0.29, 0.717) is 10.7 Å². The molecule has 0 unspecified atom stereocenters. The molecule has 1 aromatic heterocycles. The molecule has 16 heavy (non-hydrogen) atoms. The first-order valence-corrected chi connectivity index (χ1v) is 5.33. The van der Waals surface area contributed by atoms with Crippen LogP contribution in [0.2, 0.25) is 0 Å². The molecule has 2 saturated heterocycles. The first-order valence-electron chi connectivity index (χ1n) is 9.33. The lowest BCUT2D eigenvalue weighted by Crippen LogP contribution is -2.23. The van der Waals surface area contributed by atoms with Crippen LogP contribution in [-0.4, -0.2) is 36.1 Å². The number of hydrogen-bond donors (Lipinski definition) is 0. The summed E-state index contributed by atoms with van der Waals surface area (Å²) in [6, 6.07) is 1.62. The van der Waals surface area contributed by atoms with E-state index in [1.54, 1.807) is 6.07 Å². The monoisotopic (exact) mass is 226 g/mol. The third-order valence-electron chi connectivity index (χ3n) is 2.66. The lowest BCUT2D eigenvalue weighted by Gasteiger charge is -2.19. The van der Waals surface area contributed by atoms with Gasteiger partial charge in [0.1, 0.15) is 5.82 Å². The van der Waals surface area contributed by atoms with Gasteiger partial charge in [-0.3, -0.25) is 0 Å². The summed E-state index contributed by atoms with van der Waals surface area (Å²) in [7, 11) is 0. The maximum absolute atomic E-state index is 8.02. The van der Waals surface area contributed by atoms with Gasteiger partial charge in [-0.1, -0.05) is 0 Å². The largest absolute Gasteiger partial charge is 0.356 e. The van der Waals surface area contributed by atoms with Gasteiger partial charge < -0.3 is 9.80 Å². The second kappa shape index (κ2) is 4.28. The predicted octanol–water partition coefficient (Wildman–Crippen LogP) is 1.68. The maximum Gasteiger partial charge on any atom is 0.227 e. The van der Waals surface area contributed by atoms with Crippen LogP contribution in [-0.2, 0) is 0 Å². The van der Waals surface area contributed by atoms with Gasteiger partial charge in [-0.05, 0) is 31.7 Å². The van der Waals surface area contributed by atoms with Crippen molar-refractivity contribution in [3.05, 3.63) is 12.3 Å². The third-order valence-corrected chi connectivity index (χ3v) is 2.66. The third kappa shape index (κ3) is 1.84. The molecule has 2 aliphatic rings. The van der Waals surface area contributed by atoms with Crippen molar-refractivity contribution < 1.29 is 11.0 Å². The zero-order valence-corrected chi connectivity index (χ0v) is 8.77. The van der Waals surface area contributed by atoms with Crippen molar-refractivity contribution in [2.75, 3.05) is 35.9 Å². The Morgan fingerprint density at radius 2 is 1.88 bits per heavy atom. The molecule has 0 spiro atoms. The van der Waals surface area contributed by atoms with Gasteiger partial charge in [0.05, 0.1) is 0 Å². The average Bonchev–Trinajstić information content (AvgIpc) is 3.02. The summed E-state index contributed by atoms with van der Waals surface area (Å²) in [4.78, 5) is 10.4. The minimum atomic E-state index is -3.09. The molecule has 0 bridgehead atoms. The molecule has 2 fully saturated rings. The van der Waals surface area contributed by atoms with Gasteiger partial charge in [0.2, 0.25) is 5.95 Å². The Labute approximate surface area is 108 Å². The normalized spacial score (nSPS) is 40.8. The summed E-state index contributed by atoms with van der Waals surface area (Å²) in [6.07, 6.45) is -2.83. The van der Waals surface area contributed by atoms with Crippen LogP contribution in [0.15, 0.2) is 12.3 Å². The Balaban J connectivity index is 2.09. The topological polar surface area (TPSA) is 32.3 Å². The molecule has 0 aliphatic carbocycles. The Bertz CT molecular complexity index is 618. The molecule has 0 atom stereocenters. The average molecular weight is 226 g/mol. The fourth-order valence-electron chi connectivity index (χ4n) is 1.86. The number of aromatic nitrogens is 2. The predicted molar refractivity (Wildman–Crippen MR) is 64.9 cm³/mol. The lowest BCUT2D eigenvalue weighted by atomic mass is 10.4. The van der Waals surface area contributed by atoms with E-state index < -0.39 is 25.7 Å². The van der Waals surface area contributed by atoms with Gasteiger partial charge in [-0.15, -0.1) is 0 Å². The molecule has 4 nitrogen and oxygen atoms in total. The van der Waals surface area contributed by atoms with Gasteiger partial charge in [0, 0.05) is 43.2 Å². The summed E-state index contributed by atoms with van der Waals surface area (Å²) in [5.41, 5.74) is 0. The fourth-order valence-corrected chi connectivity index (χ4v) is 1.86. The highest BCUT2D eigenvalue weighted by Crippen LogP contribution is 2.21. The van der Waals surface area contributed by atoms with E-state index in [0.717, 1.165) is 25.9 Å². The molecular weight excluding hydrogens is 200 g/mol. The van der Waals surface area contributed by atoms with Crippen LogP contribution < -0.4 is 9.80 Å².